The van der Waals surface area contributed by atoms with Gasteiger partial charge in [-0.1, -0.05) is 0 Å². The number of ether oxygens (including phenoxy) is 1. The van der Waals surface area contributed by atoms with Crippen molar-refractivity contribution in [1.82, 2.24) is 16.0 Å². The van der Waals surface area contributed by atoms with Gasteiger partial charge in [0, 0.05) is 45.2 Å². The lowest BCUT2D eigenvalue weighted by molar-refractivity contribution is -0.132. The van der Waals surface area contributed by atoms with Crippen LogP contribution in [0.5, 0.6) is 0 Å². The van der Waals surface area contributed by atoms with Crippen molar-refractivity contribution < 1.29 is 9.53 Å². The van der Waals surface area contributed by atoms with Gasteiger partial charge in [0.05, 0.1) is 6.61 Å². The fourth-order valence-corrected chi connectivity index (χ4v) is 2.00. The predicted octanol–water partition coefficient (Wildman–Crippen LogP) is -1.50. The number of morpholine rings is 1. The maximum absolute atomic E-state index is 11.8. The Hall–Kier alpha value is -0.490. The quantitative estimate of drug-likeness (QED) is 0.532. The van der Waals surface area contributed by atoms with E-state index in [0.717, 1.165) is 26.2 Å². The zero-order valence-electron chi connectivity index (χ0n) is 8.92. The topological polar surface area (TPSA) is 62.4 Å². The van der Waals surface area contributed by atoms with Crippen LogP contribution in [0.15, 0.2) is 0 Å². The molecular formula is C10H19N3O2. The molecule has 0 aromatic rings. The molecule has 5 nitrogen and oxygen atoms in total. The van der Waals surface area contributed by atoms with Crippen molar-refractivity contribution in [2.24, 2.45) is 0 Å². The van der Waals surface area contributed by atoms with Gasteiger partial charge < -0.3 is 20.7 Å². The summed E-state index contributed by atoms with van der Waals surface area (Å²) < 4.78 is 5.42. The third kappa shape index (κ3) is 3.24. The van der Waals surface area contributed by atoms with Gasteiger partial charge in [0.25, 0.3) is 0 Å². The van der Waals surface area contributed by atoms with Gasteiger partial charge in [-0.3, -0.25) is 4.79 Å². The van der Waals surface area contributed by atoms with E-state index in [4.69, 9.17) is 4.74 Å². The molecule has 0 aromatic carbocycles. The maximum Gasteiger partial charge on any atom is 0.164 e. The van der Waals surface area contributed by atoms with Crippen LogP contribution in [0.1, 0.15) is 6.42 Å². The number of carbonyl (C=O) groups is 1. The zero-order chi connectivity index (χ0) is 10.5. The number of hydrogen-bond donors (Lipinski definition) is 3. The molecule has 0 aliphatic carbocycles. The van der Waals surface area contributed by atoms with Crippen molar-refractivity contribution in [3.63, 3.8) is 0 Å². The van der Waals surface area contributed by atoms with Crippen LogP contribution in [0.25, 0.3) is 0 Å². The van der Waals surface area contributed by atoms with Gasteiger partial charge in [-0.2, -0.15) is 0 Å². The number of rotatable bonds is 3. The molecule has 0 aromatic heterocycles. The average Bonchev–Trinajstić information content (AvgIpc) is 2.31. The van der Waals surface area contributed by atoms with Gasteiger partial charge in [-0.05, 0) is 0 Å². The Bertz CT molecular complexity index is 211. The van der Waals surface area contributed by atoms with Gasteiger partial charge in [-0.15, -0.1) is 0 Å². The second-order valence-electron chi connectivity index (χ2n) is 4.09. The Morgan fingerprint density at radius 1 is 1.20 bits per heavy atom. The summed E-state index contributed by atoms with van der Waals surface area (Å²) in [5.74, 6) is 0.211. The highest BCUT2D eigenvalue weighted by molar-refractivity contribution is 5.84. The van der Waals surface area contributed by atoms with E-state index in [0.29, 0.717) is 19.6 Å². The standard InChI is InChI=1S/C10H19N3O2/c14-9(10-7-12-3-4-15-10)5-8-6-11-1-2-13-8/h8,10-13H,1-7H2. The van der Waals surface area contributed by atoms with Crippen LogP contribution >= 0.6 is 0 Å². The smallest absolute Gasteiger partial charge is 0.164 e. The summed E-state index contributed by atoms with van der Waals surface area (Å²) in [6.07, 6.45) is 0.335. The Labute approximate surface area is 89.9 Å². The molecule has 3 N–H and O–H groups in total. The van der Waals surface area contributed by atoms with Gasteiger partial charge in [0.2, 0.25) is 0 Å². The fraction of sp³-hybridized carbons (Fsp3) is 0.900. The number of hydrogen-bond acceptors (Lipinski definition) is 5. The molecular weight excluding hydrogens is 194 g/mol. The second-order valence-corrected chi connectivity index (χ2v) is 4.09. The molecule has 2 saturated heterocycles. The van der Waals surface area contributed by atoms with E-state index in [1.165, 1.54) is 0 Å². The highest BCUT2D eigenvalue weighted by Gasteiger charge is 2.25. The van der Waals surface area contributed by atoms with Crippen LogP contribution in [-0.4, -0.2) is 57.3 Å². The number of nitrogens with one attached hydrogen (secondary N) is 3. The molecule has 0 amide bonds. The molecule has 2 aliphatic heterocycles. The van der Waals surface area contributed by atoms with Crippen molar-refractivity contribution in [2.45, 2.75) is 18.6 Å². The van der Waals surface area contributed by atoms with Crippen molar-refractivity contribution in [1.29, 1.82) is 0 Å². The van der Waals surface area contributed by atoms with Crippen molar-refractivity contribution in [2.75, 3.05) is 39.3 Å². The summed E-state index contributed by atoms with van der Waals surface area (Å²) in [5.41, 5.74) is 0. The van der Waals surface area contributed by atoms with E-state index in [2.05, 4.69) is 16.0 Å². The Balaban J connectivity index is 1.74. The van der Waals surface area contributed by atoms with E-state index in [1.54, 1.807) is 0 Å². The number of ketones is 1. The SMILES string of the molecule is O=C(CC1CNCCN1)C1CNCCO1. The van der Waals surface area contributed by atoms with Crippen molar-refractivity contribution in [3.05, 3.63) is 0 Å². The lowest BCUT2D eigenvalue weighted by Crippen LogP contribution is -2.51. The van der Waals surface area contributed by atoms with E-state index < -0.39 is 0 Å². The maximum atomic E-state index is 11.8. The minimum Gasteiger partial charge on any atom is -0.368 e. The van der Waals surface area contributed by atoms with Crippen LogP contribution in [0.4, 0.5) is 0 Å². The second kappa shape index (κ2) is 5.55. The van der Waals surface area contributed by atoms with Crippen molar-refractivity contribution >= 4 is 5.78 Å². The summed E-state index contributed by atoms with van der Waals surface area (Å²) in [6.45, 7) is 4.98. The summed E-state index contributed by atoms with van der Waals surface area (Å²) in [7, 11) is 0. The highest BCUT2D eigenvalue weighted by atomic mass is 16.5. The molecule has 0 spiro atoms. The number of carbonyl (C=O) groups excluding carboxylic acids is 1. The lowest BCUT2D eigenvalue weighted by Gasteiger charge is -2.27. The highest BCUT2D eigenvalue weighted by Crippen LogP contribution is 2.04. The van der Waals surface area contributed by atoms with E-state index in [-0.39, 0.29) is 17.9 Å². The van der Waals surface area contributed by atoms with Gasteiger partial charge in [-0.25, -0.2) is 0 Å². The number of piperazine rings is 1. The molecule has 2 fully saturated rings. The van der Waals surface area contributed by atoms with Crippen LogP contribution in [-0.2, 0) is 9.53 Å². The van der Waals surface area contributed by atoms with Crippen LogP contribution in [0.3, 0.4) is 0 Å². The van der Waals surface area contributed by atoms with Crippen molar-refractivity contribution in [3.8, 4) is 0 Å². The third-order valence-electron chi connectivity index (χ3n) is 2.86. The average molecular weight is 213 g/mol. The molecule has 2 heterocycles. The molecule has 2 unspecified atom stereocenters. The first-order valence-corrected chi connectivity index (χ1v) is 5.65. The monoisotopic (exact) mass is 213 g/mol. The van der Waals surface area contributed by atoms with Crippen LogP contribution in [0, 0.1) is 0 Å². The first-order chi connectivity index (χ1) is 7.36. The minimum atomic E-state index is -0.234. The largest absolute Gasteiger partial charge is 0.368 e. The molecule has 2 rings (SSSR count). The normalized spacial score (nSPS) is 32.5. The lowest BCUT2D eigenvalue weighted by atomic mass is 10.0. The third-order valence-corrected chi connectivity index (χ3v) is 2.86. The first kappa shape index (κ1) is 11.0. The van der Waals surface area contributed by atoms with Crippen LogP contribution < -0.4 is 16.0 Å². The molecule has 0 radical (unpaired) electrons. The summed E-state index contributed by atoms with van der Waals surface area (Å²) in [4.78, 5) is 11.8. The Kier molecular flexibility index (Phi) is 4.08. The Morgan fingerprint density at radius 2 is 2.07 bits per heavy atom. The minimum absolute atomic E-state index is 0.211. The molecule has 86 valence electrons. The van der Waals surface area contributed by atoms with E-state index in [9.17, 15) is 4.79 Å². The fourth-order valence-electron chi connectivity index (χ4n) is 2.00. The Morgan fingerprint density at radius 3 is 2.73 bits per heavy atom. The molecule has 2 aliphatic rings. The number of Topliss-reactive ketones (excluding diaryl/α,β-unsaturated/α-hetero) is 1. The summed E-state index contributed by atoms with van der Waals surface area (Å²) in [5, 5.41) is 9.77. The first-order valence-electron chi connectivity index (χ1n) is 5.65. The molecule has 0 bridgehead atoms. The predicted molar refractivity (Wildman–Crippen MR) is 56.9 cm³/mol. The van der Waals surface area contributed by atoms with Gasteiger partial charge >= 0.3 is 0 Å². The molecule has 2 atom stereocenters. The summed E-state index contributed by atoms with van der Waals surface area (Å²) in [6, 6.07) is 0.275. The van der Waals surface area contributed by atoms with Gasteiger partial charge in [0.15, 0.2) is 5.78 Å². The van der Waals surface area contributed by atoms with E-state index >= 15 is 0 Å². The molecule has 5 heteroatoms. The van der Waals surface area contributed by atoms with Crippen LogP contribution in [0.2, 0.25) is 0 Å². The van der Waals surface area contributed by atoms with E-state index in [1.807, 2.05) is 0 Å². The van der Waals surface area contributed by atoms with Gasteiger partial charge in [0.1, 0.15) is 6.10 Å². The summed E-state index contributed by atoms with van der Waals surface area (Å²) >= 11 is 0. The zero-order valence-corrected chi connectivity index (χ0v) is 8.92. The molecule has 0 saturated carbocycles. The molecule has 15 heavy (non-hydrogen) atoms.